The maximum absolute atomic E-state index is 5.59. The van der Waals surface area contributed by atoms with Crippen LogP contribution in [0.15, 0.2) is 47.1 Å². The number of rotatable bonds is 6. The zero-order chi connectivity index (χ0) is 12.8. The molecule has 0 radical (unpaired) electrons. The van der Waals surface area contributed by atoms with E-state index in [0.29, 0.717) is 0 Å². The molecule has 0 unspecified atom stereocenters. The van der Waals surface area contributed by atoms with Crippen molar-refractivity contribution in [3.63, 3.8) is 0 Å². The van der Waals surface area contributed by atoms with Crippen LogP contribution < -0.4 is 10.2 Å². The highest BCUT2D eigenvalue weighted by Crippen LogP contribution is 2.17. The summed E-state index contributed by atoms with van der Waals surface area (Å²) < 4.78 is 5.59. The van der Waals surface area contributed by atoms with Crippen molar-refractivity contribution in [3.05, 3.63) is 54.0 Å². The maximum atomic E-state index is 5.59. The summed E-state index contributed by atoms with van der Waals surface area (Å²) in [6.45, 7) is 4.78. The first-order valence-corrected chi connectivity index (χ1v) is 6.34. The third-order valence-electron chi connectivity index (χ3n) is 2.94. The van der Waals surface area contributed by atoms with Crippen molar-refractivity contribution in [2.24, 2.45) is 0 Å². The number of hydrogen-bond acceptors (Lipinski definition) is 3. The second-order valence-corrected chi connectivity index (χ2v) is 4.30. The van der Waals surface area contributed by atoms with Gasteiger partial charge < -0.3 is 14.6 Å². The van der Waals surface area contributed by atoms with Crippen LogP contribution in [0.5, 0.6) is 0 Å². The first kappa shape index (κ1) is 12.7. The zero-order valence-electron chi connectivity index (χ0n) is 11.0. The minimum absolute atomic E-state index is 0.810. The summed E-state index contributed by atoms with van der Waals surface area (Å²) in [5, 5.41) is 3.12. The van der Waals surface area contributed by atoms with Gasteiger partial charge in [-0.2, -0.15) is 0 Å². The molecule has 0 aliphatic heterocycles. The molecule has 2 rings (SSSR count). The van der Waals surface area contributed by atoms with E-state index in [1.807, 2.05) is 19.4 Å². The van der Waals surface area contributed by atoms with Crippen LogP contribution in [0.25, 0.3) is 0 Å². The van der Waals surface area contributed by atoms with Gasteiger partial charge in [0.15, 0.2) is 0 Å². The fourth-order valence-electron chi connectivity index (χ4n) is 2.02. The van der Waals surface area contributed by atoms with Gasteiger partial charge in [-0.15, -0.1) is 0 Å². The third-order valence-corrected chi connectivity index (χ3v) is 2.94. The molecule has 1 N–H and O–H groups in total. The Morgan fingerprint density at radius 2 is 2.00 bits per heavy atom. The first-order chi connectivity index (χ1) is 8.83. The van der Waals surface area contributed by atoms with E-state index in [-0.39, 0.29) is 0 Å². The van der Waals surface area contributed by atoms with E-state index >= 15 is 0 Å². The van der Waals surface area contributed by atoms with Gasteiger partial charge in [0.25, 0.3) is 0 Å². The second kappa shape index (κ2) is 6.26. The summed E-state index contributed by atoms with van der Waals surface area (Å²) in [5.41, 5.74) is 2.42. The number of para-hydroxylation sites is 1. The van der Waals surface area contributed by atoms with Crippen molar-refractivity contribution < 1.29 is 4.42 Å². The molecule has 0 aliphatic carbocycles. The largest absolute Gasteiger partial charge is 0.467 e. The van der Waals surface area contributed by atoms with Gasteiger partial charge in [-0.05, 0) is 32.2 Å². The minimum Gasteiger partial charge on any atom is -0.467 e. The summed E-state index contributed by atoms with van der Waals surface area (Å²) >= 11 is 0. The molecule has 0 bridgehead atoms. The molecule has 3 nitrogen and oxygen atoms in total. The molecule has 1 heterocycles. The van der Waals surface area contributed by atoms with Crippen molar-refractivity contribution in [2.45, 2.75) is 20.0 Å². The lowest BCUT2D eigenvalue weighted by molar-refractivity contribution is 0.501. The summed E-state index contributed by atoms with van der Waals surface area (Å²) in [5.74, 6) is 1.01. The molecule has 0 saturated heterocycles. The van der Waals surface area contributed by atoms with Crippen LogP contribution >= 0.6 is 0 Å². The summed E-state index contributed by atoms with van der Waals surface area (Å²) in [6, 6.07) is 12.5. The monoisotopic (exact) mass is 244 g/mol. The number of nitrogens with one attached hydrogen (secondary N) is 1. The fourth-order valence-corrected chi connectivity index (χ4v) is 2.02. The van der Waals surface area contributed by atoms with Crippen molar-refractivity contribution >= 4 is 5.69 Å². The average Bonchev–Trinajstić information content (AvgIpc) is 2.85. The molecule has 0 amide bonds. The molecule has 0 atom stereocenters. The van der Waals surface area contributed by atoms with Crippen LogP contribution in [-0.4, -0.2) is 13.6 Å². The van der Waals surface area contributed by atoms with Crippen LogP contribution in [-0.2, 0) is 13.1 Å². The first-order valence-electron chi connectivity index (χ1n) is 6.34. The SMILES string of the molecule is CCN(Cc1cc(CNC)co1)c1ccccc1. The molecule has 96 valence electrons. The van der Waals surface area contributed by atoms with Crippen molar-refractivity contribution in [1.82, 2.24) is 5.32 Å². The van der Waals surface area contributed by atoms with Gasteiger partial charge in [0.2, 0.25) is 0 Å². The quantitative estimate of drug-likeness (QED) is 0.846. The van der Waals surface area contributed by atoms with Crippen molar-refractivity contribution in [3.8, 4) is 0 Å². The highest BCUT2D eigenvalue weighted by molar-refractivity contribution is 5.46. The second-order valence-electron chi connectivity index (χ2n) is 4.30. The van der Waals surface area contributed by atoms with Crippen molar-refractivity contribution in [2.75, 3.05) is 18.5 Å². The number of anilines is 1. The average molecular weight is 244 g/mol. The molecule has 18 heavy (non-hydrogen) atoms. The Labute approximate surface area is 108 Å². The molecule has 0 aliphatic rings. The van der Waals surface area contributed by atoms with Crippen LogP contribution in [0.4, 0.5) is 5.69 Å². The molecule has 0 saturated carbocycles. The maximum Gasteiger partial charge on any atom is 0.123 e. The molecule has 1 aromatic heterocycles. The van der Waals surface area contributed by atoms with E-state index in [1.54, 1.807) is 0 Å². The van der Waals surface area contributed by atoms with Gasteiger partial charge in [0.05, 0.1) is 12.8 Å². The Bertz CT molecular complexity index is 464. The van der Waals surface area contributed by atoms with E-state index in [2.05, 4.69) is 47.5 Å². The highest BCUT2D eigenvalue weighted by atomic mass is 16.3. The van der Waals surface area contributed by atoms with Gasteiger partial charge >= 0.3 is 0 Å². The van der Waals surface area contributed by atoms with Gasteiger partial charge in [-0.1, -0.05) is 18.2 Å². The fraction of sp³-hybridized carbons (Fsp3) is 0.333. The molecule has 2 aromatic rings. The minimum atomic E-state index is 0.810. The number of furan rings is 1. The molecular weight excluding hydrogens is 224 g/mol. The normalized spacial score (nSPS) is 10.6. The van der Waals surface area contributed by atoms with Crippen LogP contribution in [0.2, 0.25) is 0 Å². The van der Waals surface area contributed by atoms with Gasteiger partial charge in [0, 0.05) is 24.3 Å². The standard InChI is InChI=1S/C15H20N2O/c1-3-17(14-7-5-4-6-8-14)11-15-9-13(10-16-2)12-18-15/h4-9,12,16H,3,10-11H2,1-2H3. The van der Waals surface area contributed by atoms with Crippen LogP contribution in [0.3, 0.4) is 0 Å². The highest BCUT2D eigenvalue weighted by Gasteiger charge is 2.08. The molecule has 3 heteroatoms. The Balaban J connectivity index is 2.06. The smallest absolute Gasteiger partial charge is 0.123 e. The summed E-state index contributed by atoms with van der Waals surface area (Å²) in [7, 11) is 1.94. The predicted molar refractivity (Wildman–Crippen MR) is 74.6 cm³/mol. The Kier molecular flexibility index (Phi) is 4.42. The summed E-state index contributed by atoms with van der Waals surface area (Å²) in [4.78, 5) is 2.29. The Hall–Kier alpha value is -1.74. The van der Waals surface area contributed by atoms with Crippen LogP contribution in [0, 0.1) is 0 Å². The predicted octanol–water partition coefficient (Wildman–Crippen LogP) is 3.03. The Morgan fingerprint density at radius 1 is 1.22 bits per heavy atom. The van der Waals surface area contributed by atoms with Gasteiger partial charge in [0.1, 0.15) is 5.76 Å². The molecular formula is C15H20N2O. The van der Waals surface area contributed by atoms with E-state index in [4.69, 9.17) is 4.42 Å². The van der Waals surface area contributed by atoms with Crippen LogP contribution in [0.1, 0.15) is 18.2 Å². The lowest BCUT2D eigenvalue weighted by Gasteiger charge is -2.21. The number of hydrogen-bond donors (Lipinski definition) is 1. The van der Waals surface area contributed by atoms with E-state index in [9.17, 15) is 0 Å². The van der Waals surface area contributed by atoms with E-state index < -0.39 is 0 Å². The number of nitrogens with zero attached hydrogens (tertiary/aromatic N) is 1. The van der Waals surface area contributed by atoms with Gasteiger partial charge in [-0.25, -0.2) is 0 Å². The lowest BCUT2D eigenvalue weighted by atomic mass is 10.2. The number of benzene rings is 1. The summed E-state index contributed by atoms with van der Waals surface area (Å²) in [6.07, 6.45) is 1.82. The molecule has 0 fully saturated rings. The van der Waals surface area contributed by atoms with Gasteiger partial charge in [-0.3, -0.25) is 0 Å². The molecule has 0 spiro atoms. The Morgan fingerprint density at radius 3 is 2.67 bits per heavy atom. The van der Waals surface area contributed by atoms with E-state index in [1.165, 1.54) is 11.3 Å². The zero-order valence-corrected chi connectivity index (χ0v) is 11.0. The van der Waals surface area contributed by atoms with Crippen molar-refractivity contribution in [1.29, 1.82) is 0 Å². The topological polar surface area (TPSA) is 28.4 Å². The third kappa shape index (κ3) is 3.14. The van der Waals surface area contributed by atoms with E-state index in [0.717, 1.165) is 25.4 Å². The molecule has 1 aromatic carbocycles. The lowest BCUT2D eigenvalue weighted by Crippen LogP contribution is -2.21.